The van der Waals surface area contributed by atoms with Crippen LogP contribution >= 0.6 is 0 Å². The van der Waals surface area contributed by atoms with E-state index in [0.29, 0.717) is 0 Å². The molecular formula is C18H32N2O. The molecule has 0 fully saturated rings. The van der Waals surface area contributed by atoms with Gasteiger partial charge in [-0.1, -0.05) is 26.2 Å². The minimum absolute atomic E-state index is 0.102. The van der Waals surface area contributed by atoms with Crippen molar-refractivity contribution < 1.29 is 4.74 Å². The van der Waals surface area contributed by atoms with Crippen LogP contribution < -0.4 is 10.1 Å². The summed E-state index contributed by atoms with van der Waals surface area (Å²) in [4.78, 5) is 4.39. The zero-order valence-electron chi connectivity index (χ0n) is 14.4. The summed E-state index contributed by atoms with van der Waals surface area (Å²) in [6, 6.07) is 3.99. The van der Waals surface area contributed by atoms with Crippen molar-refractivity contribution in [2.45, 2.75) is 84.9 Å². The third-order valence-electron chi connectivity index (χ3n) is 3.39. The number of hydrogen-bond donors (Lipinski definition) is 1. The van der Waals surface area contributed by atoms with Crippen LogP contribution in [0.4, 0.5) is 0 Å². The van der Waals surface area contributed by atoms with E-state index in [4.69, 9.17) is 4.74 Å². The van der Waals surface area contributed by atoms with E-state index in [1.165, 1.54) is 25.7 Å². The Morgan fingerprint density at radius 1 is 1.24 bits per heavy atom. The molecule has 0 aromatic carbocycles. The molecule has 3 heteroatoms. The van der Waals surface area contributed by atoms with Gasteiger partial charge in [-0.3, -0.25) is 4.98 Å². The monoisotopic (exact) mass is 292 g/mol. The second-order valence-corrected chi connectivity index (χ2v) is 6.86. The Labute approximate surface area is 130 Å². The third-order valence-corrected chi connectivity index (χ3v) is 3.39. The molecule has 1 heterocycles. The Morgan fingerprint density at radius 2 is 2.00 bits per heavy atom. The zero-order chi connectivity index (χ0) is 15.7. The van der Waals surface area contributed by atoms with Crippen molar-refractivity contribution in [1.29, 1.82) is 0 Å². The third kappa shape index (κ3) is 8.71. The molecule has 0 saturated carbocycles. The number of pyridine rings is 1. The number of nitrogens with zero attached hydrogens (tertiary/aromatic N) is 1. The second-order valence-electron chi connectivity index (χ2n) is 6.86. The first-order chi connectivity index (χ1) is 9.90. The van der Waals surface area contributed by atoms with Crippen LogP contribution in [0.25, 0.3) is 0 Å². The van der Waals surface area contributed by atoms with Crippen LogP contribution in [-0.4, -0.2) is 16.6 Å². The Morgan fingerprint density at radius 3 is 2.67 bits per heavy atom. The number of nitrogens with one attached hydrogen (secondary N) is 1. The molecule has 0 spiro atoms. The average molecular weight is 292 g/mol. The van der Waals surface area contributed by atoms with Crippen molar-refractivity contribution in [3.05, 3.63) is 24.0 Å². The molecule has 0 radical (unpaired) electrons. The molecule has 1 unspecified atom stereocenters. The first-order valence-electron chi connectivity index (χ1n) is 8.27. The molecule has 0 saturated heterocycles. The van der Waals surface area contributed by atoms with Gasteiger partial charge in [-0.25, -0.2) is 0 Å². The molecule has 0 bridgehead atoms. The summed E-state index contributed by atoms with van der Waals surface area (Å²) < 4.78 is 6.00. The highest BCUT2D eigenvalue weighted by molar-refractivity contribution is 5.22. The first kappa shape index (κ1) is 18.0. The van der Waals surface area contributed by atoms with E-state index in [0.717, 1.165) is 24.4 Å². The van der Waals surface area contributed by atoms with E-state index >= 15 is 0 Å². The lowest BCUT2D eigenvalue weighted by Gasteiger charge is -2.20. The largest absolute Gasteiger partial charge is 0.491 e. The molecule has 0 aliphatic carbocycles. The molecule has 21 heavy (non-hydrogen) atoms. The molecule has 1 N–H and O–H groups in total. The minimum atomic E-state index is 0.102. The van der Waals surface area contributed by atoms with Crippen molar-refractivity contribution in [2.75, 3.05) is 0 Å². The summed E-state index contributed by atoms with van der Waals surface area (Å²) in [6.45, 7) is 11.6. The van der Waals surface area contributed by atoms with Gasteiger partial charge in [0.05, 0.1) is 11.8 Å². The number of aromatic nitrogens is 1. The summed E-state index contributed by atoms with van der Waals surface area (Å²) >= 11 is 0. The predicted molar refractivity (Wildman–Crippen MR) is 89.7 cm³/mol. The Hall–Kier alpha value is -1.09. The maximum Gasteiger partial charge on any atom is 0.123 e. The SMILES string of the molecule is CCCCCCC(C)Oc1ccnc(CNC(C)(C)C)c1. The fourth-order valence-electron chi connectivity index (χ4n) is 2.13. The number of ether oxygens (including phenoxy) is 1. The van der Waals surface area contributed by atoms with E-state index < -0.39 is 0 Å². The zero-order valence-corrected chi connectivity index (χ0v) is 14.4. The Bertz CT molecular complexity index is 398. The standard InChI is InChI=1S/C18H32N2O/c1-6-7-8-9-10-15(2)21-17-11-12-19-16(13-17)14-20-18(3,4)5/h11-13,15,20H,6-10,14H2,1-5H3. The van der Waals surface area contributed by atoms with Crippen molar-refractivity contribution in [2.24, 2.45) is 0 Å². The van der Waals surface area contributed by atoms with Gasteiger partial charge in [-0.05, 0) is 46.6 Å². The van der Waals surface area contributed by atoms with E-state index in [2.05, 4.69) is 44.9 Å². The summed E-state index contributed by atoms with van der Waals surface area (Å²) in [6.07, 6.45) is 8.39. The van der Waals surface area contributed by atoms with E-state index in [-0.39, 0.29) is 11.6 Å². The normalized spacial score (nSPS) is 13.2. The van der Waals surface area contributed by atoms with Crippen LogP contribution in [0.5, 0.6) is 5.75 Å². The molecule has 0 amide bonds. The molecule has 3 nitrogen and oxygen atoms in total. The summed E-state index contributed by atoms with van der Waals surface area (Å²) in [5.41, 5.74) is 1.13. The van der Waals surface area contributed by atoms with E-state index in [1.807, 2.05) is 18.3 Å². The maximum absolute atomic E-state index is 6.00. The van der Waals surface area contributed by atoms with E-state index in [1.54, 1.807) is 0 Å². The smallest absolute Gasteiger partial charge is 0.123 e. The average Bonchev–Trinajstić information content (AvgIpc) is 2.41. The number of unbranched alkanes of at least 4 members (excludes halogenated alkanes) is 3. The fraction of sp³-hybridized carbons (Fsp3) is 0.722. The lowest BCUT2D eigenvalue weighted by Crippen LogP contribution is -2.35. The van der Waals surface area contributed by atoms with Crippen molar-refractivity contribution in [3.63, 3.8) is 0 Å². The molecule has 1 aromatic heterocycles. The van der Waals surface area contributed by atoms with Gasteiger partial charge in [-0.15, -0.1) is 0 Å². The van der Waals surface area contributed by atoms with Crippen LogP contribution in [0, 0.1) is 0 Å². The maximum atomic E-state index is 6.00. The van der Waals surface area contributed by atoms with Crippen LogP contribution in [-0.2, 0) is 6.54 Å². The van der Waals surface area contributed by atoms with Crippen LogP contribution in [0.15, 0.2) is 18.3 Å². The molecule has 120 valence electrons. The number of hydrogen-bond acceptors (Lipinski definition) is 3. The highest BCUT2D eigenvalue weighted by Crippen LogP contribution is 2.16. The molecule has 0 aliphatic rings. The number of rotatable bonds is 9. The van der Waals surface area contributed by atoms with Gasteiger partial charge in [0, 0.05) is 24.3 Å². The van der Waals surface area contributed by atoms with Crippen molar-refractivity contribution in [1.82, 2.24) is 10.3 Å². The predicted octanol–water partition coefficient (Wildman–Crippen LogP) is 4.71. The first-order valence-corrected chi connectivity index (χ1v) is 8.27. The summed E-state index contributed by atoms with van der Waals surface area (Å²) in [5, 5.41) is 3.45. The van der Waals surface area contributed by atoms with Crippen LogP contribution in [0.1, 0.15) is 72.4 Å². The van der Waals surface area contributed by atoms with Gasteiger partial charge in [0.2, 0.25) is 0 Å². The van der Waals surface area contributed by atoms with Crippen LogP contribution in [0.2, 0.25) is 0 Å². The highest BCUT2D eigenvalue weighted by atomic mass is 16.5. The molecule has 0 aliphatic heterocycles. The fourth-order valence-corrected chi connectivity index (χ4v) is 2.13. The lowest BCUT2D eigenvalue weighted by molar-refractivity contribution is 0.206. The Kier molecular flexibility index (Phi) is 7.73. The van der Waals surface area contributed by atoms with Gasteiger partial charge in [0.1, 0.15) is 5.75 Å². The lowest BCUT2D eigenvalue weighted by atomic mass is 10.1. The van der Waals surface area contributed by atoms with Crippen molar-refractivity contribution >= 4 is 0 Å². The molecular weight excluding hydrogens is 260 g/mol. The quantitative estimate of drug-likeness (QED) is 0.669. The summed E-state index contributed by atoms with van der Waals surface area (Å²) in [7, 11) is 0. The van der Waals surface area contributed by atoms with Crippen molar-refractivity contribution in [3.8, 4) is 5.75 Å². The van der Waals surface area contributed by atoms with Gasteiger partial charge >= 0.3 is 0 Å². The Balaban J connectivity index is 2.41. The highest BCUT2D eigenvalue weighted by Gasteiger charge is 2.10. The van der Waals surface area contributed by atoms with Gasteiger partial charge in [0.15, 0.2) is 0 Å². The molecule has 1 rings (SSSR count). The van der Waals surface area contributed by atoms with Gasteiger partial charge in [0.25, 0.3) is 0 Å². The van der Waals surface area contributed by atoms with E-state index in [9.17, 15) is 0 Å². The molecule has 1 atom stereocenters. The second kappa shape index (κ2) is 9.04. The van der Waals surface area contributed by atoms with Gasteiger partial charge in [-0.2, -0.15) is 0 Å². The minimum Gasteiger partial charge on any atom is -0.491 e. The molecule has 1 aromatic rings. The topological polar surface area (TPSA) is 34.1 Å². The summed E-state index contributed by atoms with van der Waals surface area (Å²) in [5.74, 6) is 0.929. The van der Waals surface area contributed by atoms with Crippen LogP contribution in [0.3, 0.4) is 0 Å². The van der Waals surface area contributed by atoms with Gasteiger partial charge < -0.3 is 10.1 Å².